The molecule has 0 aliphatic rings. The van der Waals surface area contributed by atoms with Gasteiger partial charge in [-0.2, -0.15) is 0 Å². The summed E-state index contributed by atoms with van der Waals surface area (Å²) in [4.78, 5) is 15.2. The maximum atomic E-state index is 5.08. The normalized spacial score (nSPS) is 11.0. The average Bonchev–Trinajstić information content (AvgIpc) is 3.27. The third-order valence-electron chi connectivity index (χ3n) is 9.78. The quantitative estimate of drug-likeness (QED) is 0.159. The molecule has 0 aliphatic heterocycles. The van der Waals surface area contributed by atoms with E-state index in [1.54, 1.807) is 0 Å². The van der Waals surface area contributed by atoms with Crippen molar-refractivity contribution in [3.8, 4) is 89.8 Å². The maximum absolute atomic E-state index is 5.08. The lowest BCUT2D eigenvalue weighted by molar-refractivity contribution is 1.07. The molecule has 3 heteroatoms. The van der Waals surface area contributed by atoms with Gasteiger partial charge in [0.2, 0.25) is 0 Å². The highest BCUT2D eigenvalue weighted by Crippen LogP contribution is 2.34. The first-order chi connectivity index (χ1) is 26.7. The van der Waals surface area contributed by atoms with Crippen LogP contribution in [0.5, 0.6) is 0 Å². The molecule has 0 saturated carbocycles. The summed E-state index contributed by atoms with van der Waals surface area (Å²) in [5.74, 6) is 1.89. The van der Waals surface area contributed by atoms with Gasteiger partial charge in [-0.05, 0) is 67.8 Å². The number of benzene rings is 8. The second-order valence-electron chi connectivity index (χ2n) is 13.3. The molecule has 0 aliphatic carbocycles. The molecule has 0 bridgehead atoms. The van der Waals surface area contributed by atoms with Gasteiger partial charge in [0.1, 0.15) is 0 Å². The molecule has 0 fully saturated rings. The van der Waals surface area contributed by atoms with E-state index in [9.17, 15) is 0 Å². The van der Waals surface area contributed by atoms with Crippen molar-refractivity contribution in [3.05, 3.63) is 212 Å². The third-order valence-corrected chi connectivity index (χ3v) is 9.78. The molecule has 3 nitrogen and oxygen atoms in total. The van der Waals surface area contributed by atoms with Gasteiger partial charge in [-0.3, -0.25) is 0 Å². The van der Waals surface area contributed by atoms with Crippen LogP contribution in [0.3, 0.4) is 0 Å². The lowest BCUT2D eigenvalue weighted by Gasteiger charge is -2.12. The minimum absolute atomic E-state index is 0.627. The van der Waals surface area contributed by atoms with E-state index >= 15 is 0 Å². The van der Waals surface area contributed by atoms with Crippen LogP contribution < -0.4 is 0 Å². The van der Waals surface area contributed by atoms with E-state index in [1.807, 2.05) is 12.1 Å². The van der Waals surface area contributed by atoms with Crippen molar-refractivity contribution >= 4 is 0 Å². The first kappa shape index (κ1) is 32.7. The Bertz CT molecular complexity index is 2670. The number of nitrogens with zero attached hydrogens (tertiary/aromatic N) is 3. The molecule has 0 radical (unpaired) electrons. The molecule has 9 aromatic rings. The van der Waals surface area contributed by atoms with Gasteiger partial charge in [0.25, 0.3) is 0 Å². The second kappa shape index (κ2) is 14.8. The van der Waals surface area contributed by atoms with Crippen LogP contribution in [0.25, 0.3) is 89.8 Å². The molecular formula is C51H35N3. The summed E-state index contributed by atoms with van der Waals surface area (Å²) in [5, 5.41) is 0. The van der Waals surface area contributed by atoms with Crippen LogP contribution in [-0.4, -0.2) is 15.0 Å². The van der Waals surface area contributed by atoms with Crippen molar-refractivity contribution in [2.75, 3.05) is 0 Å². The first-order valence-electron chi connectivity index (χ1n) is 18.2. The Morgan fingerprint density at radius 2 is 0.463 bits per heavy atom. The monoisotopic (exact) mass is 689 g/mol. The minimum Gasteiger partial charge on any atom is -0.208 e. The predicted molar refractivity (Wildman–Crippen MR) is 223 cm³/mol. The highest BCUT2D eigenvalue weighted by molar-refractivity contribution is 5.84. The van der Waals surface area contributed by atoms with Crippen LogP contribution in [0.15, 0.2) is 212 Å². The van der Waals surface area contributed by atoms with Gasteiger partial charge < -0.3 is 0 Å². The zero-order valence-corrected chi connectivity index (χ0v) is 29.5. The van der Waals surface area contributed by atoms with E-state index in [0.717, 1.165) is 44.5 Å². The Morgan fingerprint density at radius 3 is 0.926 bits per heavy atom. The third kappa shape index (κ3) is 6.87. The van der Waals surface area contributed by atoms with Gasteiger partial charge in [0.05, 0.1) is 0 Å². The largest absolute Gasteiger partial charge is 0.208 e. The highest BCUT2D eigenvalue weighted by atomic mass is 15.0. The number of rotatable bonds is 8. The highest BCUT2D eigenvalue weighted by Gasteiger charge is 2.15. The standard InChI is InChI=1S/C51H35N3/c1-4-14-36(15-5-1)43-20-12-21-44(34-43)38-26-30-41(31-27-38)49-52-50(54-51(53-49)46-23-13-22-45(35-46)37-16-6-2-7-17-37)42-32-28-40(29-33-42)48-25-11-10-24-47(48)39-18-8-3-9-19-39/h1-35H. The van der Waals surface area contributed by atoms with Crippen molar-refractivity contribution < 1.29 is 0 Å². The average molecular weight is 690 g/mol. The summed E-state index contributed by atoms with van der Waals surface area (Å²) in [5.41, 5.74) is 14.4. The van der Waals surface area contributed by atoms with E-state index in [-0.39, 0.29) is 0 Å². The molecule has 0 atom stereocenters. The summed E-state index contributed by atoms with van der Waals surface area (Å²) in [6.45, 7) is 0. The fourth-order valence-corrected chi connectivity index (χ4v) is 6.96. The summed E-state index contributed by atoms with van der Waals surface area (Å²) >= 11 is 0. The number of hydrogen-bond donors (Lipinski definition) is 0. The molecule has 54 heavy (non-hydrogen) atoms. The van der Waals surface area contributed by atoms with Crippen molar-refractivity contribution in [2.24, 2.45) is 0 Å². The lowest BCUT2D eigenvalue weighted by Crippen LogP contribution is -2.00. The first-order valence-corrected chi connectivity index (χ1v) is 18.2. The molecule has 0 N–H and O–H groups in total. The summed E-state index contributed by atoms with van der Waals surface area (Å²) in [6.07, 6.45) is 0. The van der Waals surface area contributed by atoms with E-state index < -0.39 is 0 Å². The molecule has 9 rings (SSSR count). The van der Waals surface area contributed by atoms with Crippen molar-refractivity contribution in [1.82, 2.24) is 15.0 Å². The van der Waals surface area contributed by atoms with E-state index in [1.165, 1.54) is 27.8 Å². The van der Waals surface area contributed by atoms with Gasteiger partial charge in [-0.1, -0.05) is 200 Å². The zero-order valence-electron chi connectivity index (χ0n) is 29.5. The molecule has 0 saturated heterocycles. The van der Waals surface area contributed by atoms with Gasteiger partial charge in [0, 0.05) is 16.7 Å². The zero-order chi connectivity index (χ0) is 36.1. The van der Waals surface area contributed by atoms with Crippen LogP contribution in [0.2, 0.25) is 0 Å². The van der Waals surface area contributed by atoms with Crippen LogP contribution in [0.4, 0.5) is 0 Å². The Hall–Kier alpha value is -7.23. The van der Waals surface area contributed by atoms with Crippen molar-refractivity contribution in [1.29, 1.82) is 0 Å². The van der Waals surface area contributed by atoms with Crippen LogP contribution >= 0.6 is 0 Å². The molecule has 1 aromatic heterocycles. The van der Waals surface area contributed by atoms with E-state index in [2.05, 4.69) is 200 Å². The Morgan fingerprint density at radius 1 is 0.185 bits per heavy atom. The molecular weight excluding hydrogens is 655 g/mol. The van der Waals surface area contributed by atoms with E-state index in [0.29, 0.717) is 17.5 Å². The Balaban J connectivity index is 1.10. The van der Waals surface area contributed by atoms with Crippen LogP contribution in [0.1, 0.15) is 0 Å². The molecule has 0 amide bonds. The number of aromatic nitrogens is 3. The van der Waals surface area contributed by atoms with Crippen LogP contribution in [-0.2, 0) is 0 Å². The Labute approximate surface area is 316 Å². The summed E-state index contributed by atoms with van der Waals surface area (Å²) < 4.78 is 0. The van der Waals surface area contributed by atoms with Gasteiger partial charge >= 0.3 is 0 Å². The van der Waals surface area contributed by atoms with Gasteiger partial charge in [-0.25, -0.2) is 15.0 Å². The molecule has 0 unspecified atom stereocenters. The SMILES string of the molecule is c1ccc(-c2cccc(-c3ccc(-c4nc(-c5ccc(-c6ccccc6-c6ccccc6)cc5)nc(-c5cccc(-c6ccccc6)c5)n4)cc3)c2)cc1. The van der Waals surface area contributed by atoms with Gasteiger partial charge in [0.15, 0.2) is 17.5 Å². The smallest absolute Gasteiger partial charge is 0.164 e. The summed E-state index contributed by atoms with van der Waals surface area (Å²) in [6, 6.07) is 74.1. The molecule has 254 valence electrons. The molecule has 0 spiro atoms. The number of hydrogen-bond acceptors (Lipinski definition) is 3. The maximum Gasteiger partial charge on any atom is 0.164 e. The fourth-order valence-electron chi connectivity index (χ4n) is 6.96. The van der Waals surface area contributed by atoms with Crippen molar-refractivity contribution in [2.45, 2.75) is 0 Å². The van der Waals surface area contributed by atoms with Gasteiger partial charge in [-0.15, -0.1) is 0 Å². The van der Waals surface area contributed by atoms with Crippen LogP contribution in [0, 0.1) is 0 Å². The Kier molecular flexibility index (Phi) is 8.94. The lowest BCUT2D eigenvalue weighted by atomic mass is 9.94. The predicted octanol–water partition coefficient (Wildman–Crippen LogP) is 13.2. The summed E-state index contributed by atoms with van der Waals surface area (Å²) in [7, 11) is 0. The second-order valence-corrected chi connectivity index (χ2v) is 13.3. The van der Waals surface area contributed by atoms with Crippen molar-refractivity contribution in [3.63, 3.8) is 0 Å². The molecule has 1 heterocycles. The topological polar surface area (TPSA) is 38.7 Å². The minimum atomic E-state index is 0.627. The fraction of sp³-hybridized carbons (Fsp3) is 0. The van der Waals surface area contributed by atoms with E-state index in [4.69, 9.17) is 15.0 Å². The molecule has 8 aromatic carbocycles.